The maximum absolute atomic E-state index is 13.6. The fourth-order valence-electron chi connectivity index (χ4n) is 1.72. The van der Waals surface area contributed by atoms with E-state index in [1.165, 1.54) is 6.07 Å². The molecule has 1 rings (SSSR count). The van der Waals surface area contributed by atoms with E-state index in [1.807, 2.05) is 45.2 Å². The summed E-state index contributed by atoms with van der Waals surface area (Å²) >= 11 is 0. The van der Waals surface area contributed by atoms with Gasteiger partial charge in [-0.1, -0.05) is 42.5 Å². The quantitative estimate of drug-likeness (QED) is 0.768. The van der Waals surface area contributed by atoms with Crippen molar-refractivity contribution in [3.8, 4) is 0 Å². The molecule has 100 valence electrons. The molecule has 2 heteroatoms. The van der Waals surface area contributed by atoms with Crippen molar-refractivity contribution in [3.05, 3.63) is 77.8 Å². The molecule has 1 aromatic rings. The van der Waals surface area contributed by atoms with Gasteiger partial charge in [0.05, 0.1) is 0 Å². The molecule has 1 nitrogen and oxygen atoms in total. The number of benzene rings is 1. The van der Waals surface area contributed by atoms with Gasteiger partial charge in [0.1, 0.15) is 5.82 Å². The third kappa shape index (κ3) is 4.59. The van der Waals surface area contributed by atoms with Gasteiger partial charge in [0.25, 0.3) is 0 Å². The second-order valence-corrected chi connectivity index (χ2v) is 4.29. The summed E-state index contributed by atoms with van der Waals surface area (Å²) in [7, 11) is 1.84. The van der Waals surface area contributed by atoms with Gasteiger partial charge in [-0.05, 0) is 37.6 Å². The largest absolute Gasteiger partial charge is 0.388 e. The van der Waals surface area contributed by atoms with E-state index in [2.05, 4.69) is 11.9 Å². The van der Waals surface area contributed by atoms with Crippen molar-refractivity contribution < 1.29 is 4.39 Å². The molecular formula is C17H20FN. The minimum Gasteiger partial charge on any atom is -0.388 e. The van der Waals surface area contributed by atoms with Crippen LogP contribution in [0.3, 0.4) is 0 Å². The van der Waals surface area contributed by atoms with E-state index >= 15 is 0 Å². The maximum atomic E-state index is 13.6. The average molecular weight is 257 g/mol. The predicted molar refractivity (Wildman–Crippen MR) is 81.1 cm³/mol. The van der Waals surface area contributed by atoms with Gasteiger partial charge >= 0.3 is 0 Å². The second-order valence-electron chi connectivity index (χ2n) is 4.29. The Kier molecular flexibility index (Phi) is 5.80. The molecule has 1 aromatic carbocycles. The smallest absolute Gasteiger partial charge is 0.130 e. The summed E-state index contributed by atoms with van der Waals surface area (Å²) in [4.78, 5) is 0. The summed E-state index contributed by atoms with van der Waals surface area (Å²) in [5.41, 5.74) is 3.54. The third-order valence-corrected chi connectivity index (χ3v) is 2.78. The highest BCUT2D eigenvalue weighted by molar-refractivity contribution is 5.66. The van der Waals surface area contributed by atoms with Gasteiger partial charge in [0.15, 0.2) is 0 Å². The fourth-order valence-corrected chi connectivity index (χ4v) is 1.72. The second kappa shape index (κ2) is 7.37. The van der Waals surface area contributed by atoms with E-state index in [9.17, 15) is 4.39 Å². The van der Waals surface area contributed by atoms with E-state index in [4.69, 9.17) is 0 Å². The highest BCUT2D eigenvalue weighted by atomic mass is 19.1. The van der Waals surface area contributed by atoms with Crippen molar-refractivity contribution in [1.29, 1.82) is 0 Å². The van der Waals surface area contributed by atoms with Crippen LogP contribution >= 0.6 is 0 Å². The van der Waals surface area contributed by atoms with Crippen LogP contribution in [0.4, 0.5) is 4.39 Å². The van der Waals surface area contributed by atoms with Crippen LogP contribution in [0.1, 0.15) is 19.4 Å². The van der Waals surface area contributed by atoms with Crippen molar-refractivity contribution >= 4 is 5.57 Å². The molecule has 0 atom stereocenters. The molecule has 0 bridgehead atoms. The Morgan fingerprint density at radius 1 is 1.21 bits per heavy atom. The molecule has 0 fully saturated rings. The predicted octanol–water partition coefficient (Wildman–Crippen LogP) is 4.46. The lowest BCUT2D eigenvalue weighted by Gasteiger charge is -2.03. The molecule has 0 amide bonds. The Hall–Kier alpha value is -2.09. The van der Waals surface area contributed by atoms with E-state index in [-0.39, 0.29) is 5.82 Å². The summed E-state index contributed by atoms with van der Waals surface area (Å²) in [6.45, 7) is 7.60. The molecule has 19 heavy (non-hydrogen) atoms. The molecule has 0 saturated heterocycles. The van der Waals surface area contributed by atoms with Crippen molar-refractivity contribution in [2.24, 2.45) is 0 Å². The zero-order valence-corrected chi connectivity index (χ0v) is 11.7. The van der Waals surface area contributed by atoms with Gasteiger partial charge in [-0.15, -0.1) is 0 Å². The molecule has 0 aliphatic carbocycles. The monoisotopic (exact) mass is 257 g/mol. The van der Waals surface area contributed by atoms with E-state index in [0.717, 1.165) is 16.8 Å². The van der Waals surface area contributed by atoms with Gasteiger partial charge in [-0.2, -0.15) is 0 Å². The Balaban J connectivity index is 2.96. The lowest BCUT2D eigenvalue weighted by atomic mass is 10.0. The Bertz CT molecular complexity index is 536. The van der Waals surface area contributed by atoms with Crippen molar-refractivity contribution in [2.45, 2.75) is 13.8 Å². The molecule has 0 radical (unpaired) electrons. The van der Waals surface area contributed by atoms with Crippen LogP contribution in [0.15, 0.2) is 66.4 Å². The van der Waals surface area contributed by atoms with Crippen LogP contribution in [-0.4, -0.2) is 7.05 Å². The molecular weight excluding hydrogens is 237 g/mol. The first-order chi connectivity index (χ1) is 9.08. The number of nitrogens with one attached hydrogen (secondary N) is 1. The standard InChI is InChI=1S/C17H20FN/c1-5-15(19-4)11-10-13(2)12-14(3)16-8-6-7-9-17(16)18/h5-12,19H,1H2,2-4H3/b13-10+,14-12+,15-11+. The molecule has 0 unspecified atom stereocenters. The minimum atomic E-state index is -0.193. The fraction of sp³-hybridized carbons (Fsp3) is 0.176. The van der Waals surface area contributed by atoms with Gasteiger partial charge in [0, 0.05) is 18.3 Å². The number of allylic oxidation sites excluding steroid dienone is 6. The zero-order chi connectivity index (χ0) is 14.3. The lowest BCUT2D eigenvalue weighted by molar-refractivity contribution is 0.624. The highest BCUT2D eigenvalue weighted by Gasteiger charge is 2.01. The molecule has 0 saturated carbocycles. The van der Waals surface area contributed by atoms with Gasteiger partial charge in [-0.25, -0.2) is 4.39 Å². The normalized spacial score (nSPS) is 13.4. The van der Waals surface area contributed by atoms with Crippen molar-refractivity contribution in [3.63, 3.8) is 0 Å². The first-order valence-corrected chi connectivity index (χ1v) is 6.20. The average Bonchev–Trinajstić information content (AvgIpc) is 2.40. The number of hydrogen-bond donors (Lipinski definition) is 1. The Morgan fingerprint density at radius 3 is 2.47 bits per heavy atom. The summed E-state index contributed by atoms with van der Waals surface area (Å²) < 4.78 is 13.6. The molecule has 0 spiro atoms. The van der Waals surface area contributed by atoms with Crippen molar-refractivity contribution in [1.82, 2.24) is 5.32 Å². The number of halogens is 1. The summed E-state index contributed by atoms with van der Waals surface area (Å²) in [5, 5.41) is 3.02. The summed E-state index contributed by atoms with van der Waals surface area (Å²) in [6, 6.07) is 6.79. The number of likely N-dealkylation sites (N-methyl/N-ethyl adjacent to an activating group) is 1. The van der Waals surface area contributed by atoms with E-state index < -0.39 is 0 Å². The molecule has 0 aliphatic heterocycles. The van der Waals surface area contributed by atoms with E-state index in [0.29, 0.717) is 5.56 Å². The summed E-state index contributed by atoms with van der Waals surface area (Å²) in [6.07, 6.45) is 7.62. The topological polar surface area (TPSA) is 12.0 Å². The van der Waals surface area contributed by atoms with Crippen LogP contribution in [0.2, 0.25) is 0 Å². The van der Waals surface area contributed by atoms with Crippen LogP contribution < -0.4 is 5.32 Å². The van der Waals surface area contributed by atoms with Gasteiger partial charge in [0.2, 0.25) is 0 Å². The van der Waals surface area contributed by atoms with Gasteiger partial charge in [-0.3, -0.25) is 0 Å². The molecule has 0 heterocycles. The van der Waals surface area contributed by atoms with Crippen LogP contribution in [0, 0.1) is 5.82 Å². The Morgan fingerprint density at radius 2 is 1.89 bits per heavy atom. The zero-order valence-electron chi connectivity index (χ0n) is 11.7. The number of rotatable bonds is 5. The van der Waals surface area contributed by atoms with Gasteiger partial charge < -0.3 is 5.32 Å². The van der Waals surface area contributed by atoms with E-state index in [1.54, 1.807) is 18.2 Å². The number of hydrogen-bond acceptors (Lipinski definition) is 1. The first kappa shape index (κ1) is 15.0. The van der Waals surface area contributed by atoms with Crippen molar-refractivity contribution in [2.75, 3.05) is 7.05 Å². The lowest BCUT2D eigenvalue weighted by Crippen LogP contribution is -2.01. The SMILES string of the molecule is C=C\C(=C/C=C(C)/C=C(\C)c1ccccc1F)NC. The Labute approximate surface area is 114 Å². The molecule has 0 aromatic heterocycles. The maximum Gasteiger partial charge on any atom is 0.130 e. The van der Waals surface area contributed by atoms with Crippen LogP contribution in [-0.2, 0) is 0 Å². The minimum absolute atomic E-state index is 0.193. The molecule has 0 aliphatic rings. The van der Waals surface area contributed by atoms with Crippen LogP contribution in [0.5, 0.6) is 0 Å². The third-order valence-electron chi connectivity index (χ3n) is 2.78. The molecule has 1 N–H and O–H groups in total. The highest BCUT2D eigenvalue weighted by Crippen LogP contribution is 2.19. The first-order valence-electron chi connectivity index (χ1n) is 6.20. The summed E-state index contributed by atoms with van der Waals surface area (Å²) in [5.74, 6) is -0.193. The van der Waals surface area contributed by atoms with Crippen LogP contribution in [0.25, 0.3) is 5.57 Å².